The van der Waals surface area contributed by atoms with E-state index in [1.165, 1.54) is 13.5 Å². The van der Waals surface area contributed by atoms with Gasteiger partial charge in [0.15, 0.2) is 12.4 Å². The zero-order valence-corrected chi connectivity index (χ0v) is 16.1. The Bertz CT molecular complexity index is 471. The molecule has 5 atom stereocenters. The molecule has 10 heteroatoms. The number of methoxy groups -OCH3 is 1. The second-order valence-corrected chi connectivity index (χ2v) is 8.80. The Labute approximate surface area is 161 Å². The van der Waals surface area contributed by atoms with Crippen LogP contribution in [0.3, 0.4) is 0 Å². The van der Waals surface area contributed by atoms with E-state index >= 15 is 0 Å². The third kappa shape index (κ3) is 4.83. The zero-order valence-electron chi connectivity index (χ0n) is 13.8. The fourth-order valence-electron chi connectivity index (χ4n) is 3.41. The van der Waals surface area contributed by atoms with Crippen LogP contribution in [-0.2, 0) is 23.7 Å². The molecule has 0 aromatic rings. The van der Waals surface area contributed by atoms with Crippen molar-refractivity contribution >= 4 is 40.9 Å². The van der Waals surface area contributed by atoms with Crippen LogP contribution in [0, 0.1) is 0 Å². The van der Waals surface area contributed by atoms with Gasteiger partial charge in [-0.25, -0.2) is 4.79 Å². The molecule has 1 saturated carbocycles. The van der Waals surface area contributed by atoms with Gasteiger partial charge in [0.25, 0.3) is 0 Å². The minimum Gasteiger partial charge on any atom is -0.438 e. The van der Waals surface area contributed by atoms with Crippen LogP contribution >= 0.6 is 34.8 Å². The van der Waals surface area contributed by atoms with Crippen molar-refractivity contribution in [2.75, 3.05) is 13.7 Å². The van der Waals surface area contributed by atoms with Crippen molar-refractivity contribution in [3.63, 3.8) is 0 Å². The fraction of sp³-hybridized carbons (Fsp3) is 0.933. The van der Waals surface area contributed by atoms with Gasteiger partial charge in [-0.3, -0.25) is 0 Å². The van der Waals surface area contributed by atoms with Crippen molar-refractivity contribution in [1.29, 1.82) is 0 Å². The molecule has 25 heavy (non-hydrogen) atoms. The van der Waals surface area contributed by atoms with E-state index in [1.54, 1.807) is 0 Å². The van der Waals surface area contributed by atoms with Crippen LogP contribution in [0.15, 0.2) is 0 Å². The third-order valence-corrected chi connectivity index (χ3v) is 5.17. The Morgan fingerprint density at radius 1 is 1.16 bits per heavy atom. The van der Waals surface area contributed by atoms with Crippen molar-refractivity contribution in [2.45, 2.75) is 72.8 Å². The number of fused-ring (bicyclic) bond motifs is 1. The van der Waals surface area contributed by atoms with E-state index in [4.69, 9.17) is 58.5 Å². The minimum atomic E-state index is -1.76. The zero-order chi connectivity index (χ0) is 18.0. The monoisotopic (exact) mass is 417 g/mol. The molecule has 1 aliphatic carbocycles. The predicted octanol–water partition coefficient (Wildman–Crippen LogP) is 2.90. The number of carbonyl (C=O) groups excluding carboxylic acids is 1. The number of alkyl carbamates (subject to hydrolysis) is 1. The van der Waals surface area contributed by atoms with Crippen LogP contribution in [-0.4, -0.2) is 60.5 Å². The molecule has 0 bridgehead atoms. The summed E-state index contributed by atoms with van der Waals surface area (Å²) in [6.07, 6.45) is 0.925. The maximum Gasteiger partial charge on any atom is 0.407 e. The normalized spacial score (nSPS) is 36.7. The van der Waals surface area contributed by atoms with Gasteiger partial charge in [0.2, 0.25) is 10.1 Å². The Kier molecular flexibility index (Phi) is 6.58. The van der Waals surface area contributed by atoms with Gasteiger partial charge in [-0.05, 0) is 12.8 Å². The molecule has 3 aliphatic rings. The van der Waals surface area contributed by atoms with Gasteiger partial charge in [-0.1, -0.05) is 54.1 Å². The van der Waals surface area contributed by atoms with E-state index in [1.807, 2.05) is 0 Å². The molecule has 144 valence electrons. The molecule has 0 aromatic carbocycles. The lowest BCUT2D eigenvalue weighted by Gasteiger charge is -2.36. The summed E-state index contributed by atoms with van der Waals surface area (Å²) < 4.78 is 25.8. The lowest BCUT2D eigenvalue weighted by atomic mass is 9.96. The Morgan fingerprint density at radius 3 is 2.52 bits per heavy atom. The first-order chi connectivity index (χ1) is 11.9. The molecule has 2 saturated heterocycles. The molecule has 1 amide bonds. The summed E-state index contributed by atoms with van der Waals surface area (Å²) in [5.41, 5.74) is 0. The first-order valence-corrected chi connectivity index (χ1v) is 9.51. The maximum atomic E-state index is 12.3. The smallest absolute Gasteiger partial charge is 0.407 e. The van der Waals surface area contributed by atoms with Crippen LogP contribution in [0.4, 0.5) is 4.79 Å². The lowest BCUT2D eigenvalue weighted by Crippen LogP contribution is -2.55. The van der Waals surface area contributed by atoms with Crippen LogP contribution in [0.25, 0.3) is 0 Å². The highest BCUT2D eigenvalue weighted by Crippen LogP contribution is 2.41. The summed E-state index contributed by atoms with van der Waals surface area (Å²) in [6, 6.07) is 0.122. The van der Waals surface area contributed by atoms with E-state index in [-0.39, 0.29) is 12.6 Å². The molecule has 1 N–H and O–H groups in total. The Hall–Kier alpha value is -0.0200. The third-order valence-electron chi connectivity index (χ3n) is 4.63. The number of hydrogen-bond acceptors (Lipinski definition) is 6. The van der Waals surface area contributed by atoms with E-state index in [0.717, 1.165) is 25.7 Å². The SMILES string of the molecule is CO[C@H]1OC[C@H]2O[C@H](C(Cl)(Cl)Cl)O[C@H]2[C@@H]1OC(=O)NC1CCCCC1. The molecule has 0 unspecified atom stereocenters. The molecule has 0 spiro atoms. The van der Waals surface area contributed by atoms with Crippen LogP contribution < -0.4 is 5.32 Å². The number of halogens is 3. The number of hydrogen-bond donors (Lipinski definition) is 1. The average Bonchev–Trinajstić information content (AvgIpc) is 3.01. The summed E-state index contributed by atoms with van der Waals surface area (Å²) in [6.45, 7) is 0.185. The van der Waals surface area contributed by atoms with E-state index in [9.17, 15) is 4.79 Å². The van der Waals surface area contributed by atoms with Crippen molar-refractivity contribution < 1.29 is 28.5 Å². The number of ether oxygens (including phenoxy) is 5. The highest BCUT2D eigenvalue weighted by molar-refractivity contribution is 6.67. The Morgan fingerprint density at radius 2 is 1.88 bits per heavy atom. The van der Waals surface area contributed by atoms with Gasteiger partial charge in [0, 0.05) is 13.2 Å². The summed E-state index contributed by atoms with van der Waals surface area (Å²) in [7, 11) is 1.46. The van der Waals surface area contributed by atoms with Crippen molar-refractivity contribution in [3.8, 4) is 0 Å². The number of amides is 1. The average molecular weight is 419 g/mol. The first kappa shape index (κ1) is 19.7. The quantitative estimate of drug-likeness (QED) is 0.710. The summed E-state index contributed by atoms with van der Waals surface area (Å²) in [4.78, 5) is 12.3. The standard InChI is InChI=1S/C15H22Cl3NO6/c1-21-12-11(25-14(20)19-8-5-3-2-4-6-8)10-9(7-22-12)23-13(24-10)15(16,17)18/h8-13H,2-7H2,1H3,(H,19,20)/t9-,10-,11+,12+,13+/m1/s1. The molecule has 3 fully saturated rings. The van der Waals surface area contributed by atoms with Crippen LogP contribution in [0.2, 0.25) is 0 Å². The molecule has 3 rings (SSSR count). The van der Waals surface area contributed by atoms with Crippen molar-refractivity contribution in [2.24, 2.45) is 0 Å². The van der Waals surface area contributed by atoms with Crippen molar-refractivity contribution in [1.82, 2.24) is 5.32 Å². The molecular formula is C15H22Cl3NO6. The predicted molar refractivity (Wildman–Crippen MR) is 90.9 cm³/mol. The maximum absolute atomic E-state index is 12.3. The minimum absolute atomic E-state index is 0.122. The lowest BCUT2D eigenvalue weighted by molar-refractivity contribution is -0.240. The number of alkyl halides is 3. The molecule has 0 aromatic heterocycles. The van der Waals surface area contributed by atoms with E-state index < -0.39 is 40.8 Å². The molecular weight excluding hydrogens is 397 g/mol. The van der Waals surface area contributed by atoms with Crippen LogP contribution in [0.1, 0.15) is 32.1 Å². The summed E-state index contributed by atoms with van der Waals surface area (Å²) in [5.74, 6) is 0. The topological polar surface area (TPSA) is 75.2 Å². The van der Waals surface area contributed by atoms with E-state index in [2.05, 4.69) is 5.32 Å². The van der Waals surface area contributed by atoms with Gasteiger partial charge in [-0.15, -0.1) is 0 Å². The van der Waals surface area contributed by atoms with Gasteiger partial charge in [0.1, 0.15) is 12.2 Å². The fourth-order valence-corrected chi connectivity index (χ4v) is 3.72. The van der Waals surface area contributed by atoms with Crippen LogP contribution in [0.5, 0.6) is 0 Å². The summed E-state index contributed by atoms with van der Waals surface area (Å²) >= 11 is 17.5. The van der Waals surface area contributed by atoms with Gasteiger partial charge in [-0.2, -0.15) is 0 Å². The largest absolute Gasteiger partial charge is 0.438 e. The second kappa shape index (κ2) is 8.33. The molecule has 2 heterocycles. The first-order valence-electron chi connectivity index (χ1n) is 8.37. The molecule has 7 nitrogen and oxygen atoms in total. The summed E-state index contributed by atoms with van der Waals surface area (Å²) in [5, 5.41) is 2.89. The highest BCUT2D eigenvalue weighted by atomic mass is 35.6. The van der Waals surface area contributed by atoms with Crippen molar-refractivity contribution in [3.05, 3.63) is 0 Å². The van der Waals surface area contributed by atoms with Gasteiger partial charge >= 0.3 is 6.09 Å². The van der Waals surface area contributed by atoms with Gasteiger partial charge < -0.3 is 29.0 Å². The molecule has 0 radical (unpaired) electrons. The number of carbonyl (C=O) groups is 1. The highest BCUT2D eigenvalue weighted by Gasteiger charge is 2.54. The number of nitrogens with one attached hydrogen (secondary N) is 1. The van der Waals surface area contributed by atoms with E-state index in [0.29, 0.717) is 0 Å². The second-order valence-electron chi connectivity index (χ2n) is 6.44. The van der Waals surface area contributed by atoms with Gasteiger partial charge in [0.05, 0.1) is 6.61 Å². The number of rotatable bonds is 3. The molecule has 2 aliphatic heterocycles. The Balaban J connectivity index is 1.63.